The maximum absolute atomic E-state index is 9.42. The Labute approximate surface area is 480 Å². The van der Waals surface area contributed by atoms with Gasteiger partial charge in [-0.05, 0) is 17.7 Å². The summed E-state index contributed by atoms with van der Waals surface area (Å²) in [6.45, 7) is -5.68. The first-order valence-corrected chi connectivity index (χ1v) is 25.9. The number of anilines is 4. The van der Waals surface area contributed by atoms with Gasteiger partial charge >= 0.3 is 399 Å². The van der Waals surface area contributed by atoms with E-state index in [-0.39, 0.29) is 73.3 Å². The summed E-state index contributed by atoms with van der Waals surface area (Å²) in [5.74, 6) is 0.0176. The first-order chi connectivity index (χ1) is 43.8. The molecule has 0 fully saturated rings. The van der Waals surface area contributed by atoms with E-state index in [4.69, 9.17) is 30.3 Å². The average Bonchev–Trinajstić information content (AvgIpc) is 1.64. The van der Waals surface area contributed by atoms with E-state index >= 15 is 0 Å². The summed E-state index contributed by atoms with van der Waals surface area (Å²) in [6.07, 6.45) is 0. The van der Waals surface area contributed by atoms with Crippen molar-refractivity contribution in [1.29, 1.82) is 0 Å². The van der Waals surface area contributed by atoms with Gasteiger partial charge in [0.1, 0.15) is 0 Å². The molecule has 2 aromatic heterocycles. The van der Waals surface area contributed by atoms with Crippen LogP contribution in [0.5, 0.6) is 11.6 Å². The van der Waals surface area contributed by atoms with Crippen LogP contribution in [0.15, 0.2) is 212 Å². The first kappa shape index (κ1) is 32.3. The SMILES string of the molecule is [2H]c1c([2H])c([2H])c(-c2cc(C([2H])([2H])[2H])cc(-c3cccc(C(C)(C)C)c3)c2-n2[c](=[Pt])n(-c3cc(Oc4cc(C([2H])([2H])[2H])cc(N5B6c7ccccc7-c7ccccc7N6c6ccccc65)n4)cc(-c4c(C([2H])([2H])[2H])cccc4C([2H])([2H])[2H])c3)c3ccccc32)c([2H])c1[2H]. The zero-order valence-electron chi connectivity index (χ0n) is 58.4. The molecule has 0 amide bonds. The number of hydrogen-bond donors (Lipinski definition) is 0. The fraction of sp³-hybridized carbons (Fsp3) is 0.118. The summed E-state index contributed by atoms with van der Waals surface area (Å²) in [5, 5.41) is 0. The van der Waals surface area contributed by atoms with E-state index in [2.05, 4.69) is 36.3 Å². The first-order valence-electron chi connectivity index (χ1n) is 33.2. The van der Waals surface area contributed by atoms with Crippen molar-refractivity contribution in [2.24, 2.45) is 0 Å². The fourth-order valence-electron chi connectivity index (χ4n) is 10.9. The van der Waals surface area contributed by atoms with Gasteiger partial charge < -0.3 is 0 Å². The van der Waals surface area contributed by atoms with E-state index in [9.17, 15) is 2.74 Å². The van der Waals surface area contributed by atoms with Crippen molar-refractivity contribution in [2.45, 2.75) is 53.6 Å². The molecular formula is C68H56BN5OPt. The zero-order valence-corrected chi connectivity index (χ0v) is 43.6. The van der Waals surface area contributed by atoms with Gasteiger partial charge in [0.15, 0.2) is 0 Å². The number of fused-ring (bicyclic) bond motifs is 9. The van der Waals surface area contributed by atoms with Crippen molar-refractivity contribution in [3.63, 3.8) is 0 Å². The number of pyridine rings is 1. The van der Waals surface area contributed by atoms with Gasteiger partial charge in [-0.1, -0.05) is 54.6 Å². The van der Waals surface area contributed by atoms with Crippen molar-refractivity contribution in [1.82, 2.24) is 14.1 Å². The van der Waals surface area contributed by atoms with Crippen LogP contribution < -0.4 is 19.8 Å². The third-order valence-corrected chi connectivity index (χ3v) is 15.2. The Morgan fingerprint density at radius 1 is 0.539 bits per heavy atom. The number of benzene rings is 9. The molecule has 8 heteroatoms. The van der Waals surface area contributed by atoms with Crippen LogP contribution in [-0.2, 0) is 24.8 Å². The van der Waals surface area contributed by atoms with Crippen molar-refractivity contribution >= 4 is 46.4 Å². The number of para-hydroxylation sites is 5. The Morgan fingerprint density at radius 3 is 1.92 bits per heavy atom. The summed E-state index contributed by atoms with van der Waals surface area (Å²) in [4.78, 5) is 9.33. The maximum atomic E-state index is 9.42. The van der Waals surface area contributed by atoms with Gasteiger partial charge in [-0.3, -0.25) is 0 Å². The second-order valence-corrected chi connectivity index (χ2v) is 21.0. The van der Waals surface area contributed by atoms with Crippen LogP contribution in [0.1, 0.15) is 71.9 Å². The van der Waals surface area contributed by atoms with Gasteiger partial charge in [0.25, 0.3) is 0 Å². The molecule has 372 valence electrons. The van der Waals surface area contributed by atoms with E-state index in [1.807, 2.05) is 111 Å². The minimum atomic E-state index is -2.87. The van der Waals surface area contributed by atoms with Crippen LogP contribution in [0.25, 0.3) is 66.9 Å². The Morgan fingerprint density at radius 2 is 1.18 bits per heavy atom. The monoisotopic (exact) mass is 1180 g/mol. The molecule has 13 rings (SSSR count). The van der Waals surface area contributed by atoms with Crippen molar-refractivity contribution in [3.8, 4) is 67.5 Å². The molecule has 76 heavy (non-hydrogen) atoms. The number of ether oxygens (including phenoxy) is 1. The Balaban J connectivity index is 1.10. The van der Waals surface area contributed by atoms with Gasteiger partial charge in [0.2, 0.25) is 0 Å². The Hall–Kier alpha value is -8.25. The molecule has 0 radical (unpaired) electrons. The fourth-order valence-corrected chi connectivity index (χ4v) is 12.0. The van der Waals surface area contributed by atoms with Crippen LogP contribution in [-0.4, -0.2) is 21.1 Å². The van der Waals surface area contributed by atoms with E-state index in [0.717, 1.165) is 39.2 Å². The van der Waals surface area contributed by atoms with Gasteiger partial charge in [0.05, 0.1) is 0 Å². The minimum absolute atomic E-state index is 0.00428. The molecule has 9 aromatic carbocycles. The van der Waals surface area contributed by atoms with Crippen molar-refractivity contribution < 1.29 is 47.4 Å². The number of hydrogen-bond acceptors (Lipinski definition) is 4. The Kier molecular flexibility index (Phi) is 7.87. The second-order valence-electron chi connectivity index (χ2n) is 20.0. The quantitative estimate of drug-likeness (QED) is 0.142. The molecule has 0 saturated carbocycles. The van der Waals surface area contributed by atoms with E-state index in [1.54, 1.807) is 45.5 Å². The number of rotatable bonds is 8. The summed E-state index contributed by atoms with van der Waals surface area (Å²) in [5.41, 5.74) is 7.03. The van der Waals surface area contributed by atoms with Crippen LogP contribution in [0.2, 0.25) is 0 Å². The number of aryl methyl sites for hydroxylation is 4. The molecule has 0 unspecified atom stereocenters. The Bertz CT molecular complexity index is 4910. The normalized spacial score (nSPS) is 16.6. The number of imidazole rings is 1. The molecule has 0 bridgehead atoms. The summed E-state index contributed by atoms with van der Waals surface area (Å²) >= 11 is 2.09. The van der Waals surface area contributed by atoms with Gasteiger partial charge in [-0.25, -0.2) is 0 Å². The molecule has 11 aromatic rings. The molecule has 4 heterocycles. The number of aromatic nitrogens is 3. The van der Waals surface area contributed by atoms with Crippen LogP contribution >= 0.6 is 0 Å². The standard InChI is InChI=1S/C68H56BN5O.Pt/c1-44-35-56(48-23-9-8-10-24-48)67(57(36-44)49-25-20-26-51(39-49)68(5,6)7)72-43-71(60-31-15-16-32-61(60)72)52-40-50(66-46(3)21-19-22-47(66)4)41-53(42-52)75-65-38-45(2)37-64(70-65)74-63-34-18-17-33-62(63)73-59-30-14-12-28-55(59)54-27-11-13-29-58(54)69(73)74;/h8-42H,1-7H3;/i1D3,2D3,3D3,4D3,8D,9D,10D,23D,24D;. The van der Waals surface area contributed by atoms with Crippen LogP contribution in [0.4, 0.5) is 22.9 Å². The molecule has 0 spiro atoms. The molecule has 2 aliphatic rings. The summed E-state index contributed by atoms with van der Waals surface area (Å²) in [6, 6.07) is 50.0. The molecular weight excluding hydrogens is 1110 g/mol. The van der Waals surface area contributed by atoms with E-state index < -0.39 is 70.0 Å². The molecule has 0 aliphatic carbocycles. The average molecular weight is 1180 g/mol. The molecule has 0 atom stereocenters. The molecule has 2 aliphatic heterocycles. The van der Waals surface area contributed by atoms with Crippen molar-refractivity contribution in [3.05, 3.63) is 244 Å². The van der Waals surface area contributed by atoms with Crippen molar-refractivity contribution in [2.75, 3.05) is 9.62 Å². The topological polar surface area (TPSA) is 38.5 Å². The molecule has 0 N–H and O–H groups in total. The summed E-state index contributed by atoms with van der Waals surface area (Å²) in [7, 11) is 0. The van der Waals surface area contributed by atoms with Crippen LogP contribution in [0.3, 0.4) is 0 Å². The predicted octanol–water partition coefficient (Wildman–Crippen LogP) is 16.9. The second kappa shape index (κ2) is 18.5. The van der Waals surface area contributed by atoms with Gasteiger partial charge in [-0.2, -0.15) is 0 Å². The predicted molar refractivity (Wildman–Crippen MR) is 312 cm³/mol. The zero-order chi connectivity index (χ0) is 66.3. The van der Waals surface area contributed by atoms with Gasteiger partial charge in [-0.15, -0.1) is 0 Å². The van der Waals surface area contributed by atoms with E-state index in [0.29, 0.717) is 26.0 Å². The van der Waals surface area contributed by atoms with Crippen LogP contribution in [0, 0.1) is 31.2 Å². The molecule has 6 nitrogen and oxygen atoms in total. The third-order valence-electron chi connectivity index (χ3n) is 14.2. The van der Waals surface area contributed by atoms with Gasteiger partial charge in [0, 0.05) is 11.3 Å². The number of nitrogens with zero attached hydrogens (tertiary/aromatic N) is 5. The molecule has 0 saturated heterocycles. The van der Waals surface area contributed by atoms with E-state index in [1.165, 1.54) is 48.5 Å². The summed E-state index contributed by atoms with van der Waals surface area (Å²) < 4.78 is 162. The third kappa shape index (κ3) is 7.99.